The molecule has 1 aromatic heterocycles. The first-order valence-electron chi connectivity index (χ1n) is 7.83. The van der Waals surface area contributed by atoms with E-state index in [1.807, 2.05) is 13.8 Å². The number of carbonyl (C=O) groups is 1. The Morgan fingerprint density at radius 3 is 3.14 bits per heavy atom. The van der Waals surface area contributed by atoms with Gasteiger partial charge in [0.1, 0.15) is 11.6 Å². The van der Waals surface area contributed by atoms with Crippen molar-refractivity contribution < 1.29 is 9.53 Å². The Morgan fingerprint density at radius 1 is 1.52 bits per heavy atom. The molecule has 1 N–H and O–H groups in total. The van der Waals surface area contributed by atoms with Gasteiger partial charge < -0.3 is 14.6 Å². The van der Waals surface area contributed by atoms with Crippen molar-refractivity contribution in [3.63, 3.8) is 0 Å². The highest BCUT2D eigenvalue weighted by Crippen LogP contribution is 2.28. The Kier molecular flexibility index (Phi) is 3.97. The van der Waals surface area contributed by atoms with Gasteiger partial charge >= 0.3 is 0 Å². The number of fused-ring (bicyclic) bond motifs is 1. The van der Waals surface area contributed by atoms with E-state index < -0.39 is 0 Å². The fourth-order valence-corrected chi connectivity index (χ4v) is 3.26. The number of amides is 1. The number of hydrogen-bond donors (Lipinski definition) is 1. The Labute approximate surface area is 125 Å². The molecular formula is C15H24N4O2. The fraction of sp³-hybridized carbons (Fsp3) is 0.800. The van der Waals surface area contributed by atoms with E-state index in [9.17, 15) is 4.79 Å². The monoisotopic (exact) mass is 292 g/mol. The lowest BCUT2D eigenvalue weighted by molar-refractivity contribution is -0.137. The van der Waals surface area contributed by atoms with E-state index in [4.69, 9.17) is 4.74 Å². The van der Waals surface area contributed by atoms with Crippen LogP contribution in [0.15, 0.2) is 0 Å². The molecule has 1 fully saturated rings. The minimum absolute atomic E-state index is 0.133. The van der Waals surface area contributed by atoms with Crippen molar-refractivity contribution in [3.05, 3.63) is 11.6 Å². The lowest BCUT2D eigenvalue weighted by atomic mass is 9.83. The van der Waals surface area contributed by atoms with E-state index in [0.717, 1.165) is 57.0 Å². The van der Waals surface area contributed by atoms with Gasteiger partial charge in [0.05, 0.1) is 12.0 Å². The van der Waals surface area contributed by atoms with Crippen molar-refractivity contribution >= 4 is 5.91 Å². The van der Waals surface area contributed by atoms with Crippen molar-refractivity contribution in [3.8, 4) is 0 Å². The van der Waals surface area contributed by atoms with Gasteiger partial charge in [0.15, 0.2) is 0 Å². The number of hydrogen-bond acceptors (Lipinski definition) is 4. The van der Waals surface area contributed by atoms with Gasteiger partial charge in [0.25, 0.3) is 0 Å². The summed E-state index contributed by atoms with van der Waals surface area (Å²) in [4.78, 5) is 12.4. The predicted molar refractivity (Wildman–Crippen MR) is 77.7 cm³/mol. The van der Waals surface area contributed by atoms with Gasteiger partial charge in [-0.2, -0.15) is 0 Å². The number of ether oxygens (including phenoxy) is 1. The molecule has 3 rings (SSSR count). The van der Waals surface area contributed by atoms with Crippen LogP contribution in [0.25, 0.3) is 0 Å². The molecule has 0 saturated carbocycles. The first-order valence-corrected chi connectivity index (χ1v) is 7.83. The highest BCUT2D eigenvalue weighted by atomic mass is 16.5. The molecule has 2 unspecified atom stereocenters. The average molecular weight is 292 g/mol. The second-order valence-corrected chi connectivity index (χ2v) is 6.61. The maximum Gasteiger partial charge on any atom is 0.228 e. The maximum absolute atomic E-state index is 12.4. The van der Waals surface area contributed by atoms with Gasteiger partial charge in [0, 0.05) is 26.1 Å². The molecule has 1 aromatic rings. The Balaban J connectivity index is 1.54. The molecule has 2 aliphatic heterocycles. The standard InChI is InChI=1S/C15H24N4O2/c1-11-17-18-13-5-4-12(9-19(11)13)8-16-14(20)15(2)6-3-7-21-10-15/h12H,3-10H2,1-2H3,(H,16,20). The molecule has 0 aromatic carbocycles. The van der Waals surface area contributed by atoms with Crippen LogP contribution < -0.4 is 5.32 Å². The van der Waals surface area contributed by atoms with Crippen LogP contribution in [-0.2, 0) is 22.5 Å². The highest BCUT2D eigenvalue weighted by molar-refractivity contribution is 5.82. The van der Waals surface area contributed by atoms with Gasteiger partial charge in [-0.25, -0.2) is 0 Å². The van der Waals surface area contributed by atoms with Crippen molar-refractivity contribution in [2.24, 2.45) is 11.3 Å². The highest BCUT2D eigenvalue weighted by Gasteiger charge is 2.35. The number of aromatic nitrogens is 3. The number of nitrogens with one attached hydrogen (secondary N) is 1. The molecule has 1 saturated heterocycles. The van der Waals surface area contributed by atoms with Gasteiger partial charge in [-0.1, -0.05) is 0 Å². The quantitative estimate of drug-likeness (QED) is 0.905. The first kappa shape index (κ1) is 14.5. The van der Waals surface area contributed by atoms with Crippen molar-refractivity contribution in [1.82, 2.24) is 20.1 Å². The molecule has 0 bridgehead atoms. The molecule has 2 aliphatic rings. The SMILES string of the molecule is Cc1nnc2n1CC(CNC(=O)C1(C)CCCOC1)CC2. The Morgan fingerprint density at radius 2 is 2.38 bits per heavy atom. The van der Waals surface area contributed by atoms with Gasteiger partial charge in [-0.05, 0) is 39.0 Å². The van der Waals surface area contributed by atoms with E-state index in [2.05, 4.69) is 20.1 Å². The number of rotatable bonds is 3. The van der Waals surface area contributed by atoms with Crippen LogP contribution in [0.1, 0.15) is 37.8 Å². The Bertz CT molecular complexity index is 520. The van der Waals surface area contributed by atoms with Crippen LogP contribution in [0.4, 0.5) is 0 Å². The van der Waals surface area contributed by atoms with Crippen LogP contribution >= 0.6 is 0 Å². The summed E-state index contributed by atoms with van der Waals surface area (Å²) >= 11 is 0. The predicted octanol–water partition coefficient (Wildman–Crippen LogP) is 1.08. The molecule has 0 spiro atoms. The molecule has 3 heterocycles. The van der Waals surface area contributed by atoms with Crippen LogP contribution in [0.5, 0.6) is 0 Å². The summed E-state index contributed by atoms with van der Waals surface area (Å²) < 4.78 is 7.64. The molecule has 1 amide bonds. The van der Waals surface area contributed by atoms with E-state index >= 15 is 0 Å². The maximum atomic E-state index is 12.4. The third-order valence-corrected chi connectivity index (χ3v) is 4.77. The zero-order valence-corrected chi connectivity index (χ0v) is 12.9. The smallest absolute Gasteiger partial charge is 0.228 e. The van der Waals surface area contributed by atoms with Gasteiger partial charge in [-0.3, -0.25) is 4.79 Å². The van der Waals surface area contributed by atoms with Gasteiger partial charge in [0.2, 0.25) is 5.91 Å². The summed E-state index contributed by atoms with van der Waals surface area (Å²) in [6.45, 7) is 6.94. The zero-order valence-electron chi connectivity index (χ0n) is 12.9. The summed E-state index contributed by atoms with van der Waals surface area (Å²) in [6, 6.07) is 0. The number of nitrogens with zero attached hydrogens (tertiary/aromatic N) is 3. The van der Waals surface area contributed by atoms with Gasteiger partial charge in [-0.15, -0.1) is 10.2 Å². The lowest BCUT2D eigenvalue weighted by Gasteiger charge is -2.33. The fourth-order valence-electron chi connectivity index (χ4n) is 3.26. The molecule has 0 aliphatic carbocycles. The Hall–Kier alpha value is -1.43. The minimum atomic E-state index is -0.357. The molecule has 21 heavy (non-hydrogen) atoms. The summed E-state index contributed by atoms with van der Waals surface area (Å²) in [5.74, 6) is 2.63. The third kappa shape index (κ3) is 2.95. The number of aryl methyl sites for hydroxylation is 2. The van der Waals surface area contributed by atoms with Crippen LogP contribution in [0, 0.1) is 18.3 Å². The summed E-state index contributed by atoms with van der Waals surface area (Å²) in [5, 5.41) is 11.4. The van der Waals surface area contributed by atoms with Crippen LogP contribution in [0.2, 0.25) is 0 Å². The van der Waals surface area contributed by atoms with E-state index in [-0.39, 0.29) is 11.3 Å². The largest absolute Gasteiger partial charge is 0.380 e. The number of carbonyl (C=O) groups excluding carboxylic acids is 1. The second kappa shape index (κ2) is 5.75. The average Bonchev–Trinajstić information content (AvgIpc) is 2.86. The van der Waals surface area contributed by atoms with Crippen molar-refractivity contribution in [2.75, 3.05) is 19.8 Å². The zero-order chi connectivity index (χ0) is 14.9. The topological polar surface area (TPSA) is 69.0 Å². The molecule has 2 atom stereocenters. The van der Waals surface area contributed by atoms with Crippen molar-refractivity contribution in [1.29, 1.82) is 0 Å². The summed E-state index contributed by atoms with van der Waals surface area (Å²) in [6.07, 6.45) is 3.89. The van der Waals surface area contributed by atoms with Crippen LogP contribution in [-0.4, -0.2) is 40.4 Å². The second-order valence-electron chi connectivity index (χ2n) is 6.61. The van der Waals surface area contributed by atoms with E-state index in [1.54, 1.807) is 0 Å². The lowest BCUT2D eigenvalue weighted by Crippen LogP contribution is -2.46. The summed E-state index contributed by atoms with van der Waals surface area (Å²) in [5.41, 5.74) is -0.357. The summed E-state index contributed by atoms with van der Waals surface area (Å²) in [7, 11) is 0. The molecule has 6 nitrogen and oxygen atoms in total. The van der Waals surface area contributed by atoms with E-state index in [0.29, 0.717) is 12.5 Å². The molecule has 116 valence electrons. The van der Waals surface area contributed by atoms with Crippen LogP contribution in [0.3, 0.4) is 0 Å². The molecule has 6 heteroatoms. The molecular weight excluding hydrogens is 268 g/mol. The third-order valence-electron chi connectivity index (χ3n) is 4.77. The normalized spacial score (nSPS) is 29.0. The first-order chi connectivity index (χ1) is 10.1. The minimum Gasteiger partial charge on any atom is -0.380 e. The van der Waals surface area contributed by atoms with Crippen molar-refractivity contribution in [2.45, 2.75) is 46.1 Å². The van der Waals surface area contributed by atoms with E-state index in [1.165, 1.54) is 0 Å². The molecule has 0 radical (unpaired) electrons.